The molecule has 4 heterocycles. The number of aromatic nitrogens is 4. The number of imidazole rings is 1. The molecule has 1 aliphatic heterocycles. The van der Waals surface area contributed by atoms with Crippen molar-refractivity contribution in [3.8, 4) is 0 Å². The molecule has 0 spiro atoms. The Bertz CT molecular complexity index is 1090. The topological polar surface area (TPSA) is 148 Å². The lowest BCUT2D eigenvalue weighted by atomic mass is 10.1. The summed E-state index contributed by atoms with van der Waals surface area (Å²) >= 11 is 1.43. The minimum absolute atomic E-state index is 0.0703. The number of hydrogen-bond donors (Lipinski definition) is 4. The maximum absolute atomic E-state index is 14.2. The number of ether oxygens (including phenoxy) is 1. The molecule has 27 heavy (non-hydrogen) atoms. The van der Waals surface area contributed by atoms with E-state index in [2.05, 4.69) is 9.97 Å². The molecule has 3 aromatic rings. The number of thiophene rings is 1. The number of nitrogens with zero attached hydrogens (tertiary/aromatic N) is 3. The normalized spacial score (nSPS) is 25.4. The van der Waals surface area contributed by atoms with E-state index in [4.69, 9.17) is 10.5 Å². The van der Waals surface area contributed by atoms with Gasteiger partial charge < -0.3 is 20.7 Å². The van der Waals surface area contributed by atoms with Crippen molar-refractivity contribution in [2.24, 2.45) is 0 Å². The highest BCUT2D eigenvalue weighted by Crippen LogP contribution is 2.32. The first kappa shape index (κ1) is 17.9. The summed E-state index contributed by atoms with van der Waals surface area (Å²) in [5.41, 5.74) is 4.81. The van der Waals surface area contributed by atoms with Gasteiger partial charge in [0.15, 0.2) is 23.6 Å². The number of aliphatic hydroxyl groups excluding tert-OH is 2. The highest BCUT2D eigenvalue weighted by atomic mass is 32.1. The zero-order valence-electron chi connectivity index (χ0n) is 13.8. The Morgan fingerprint density at radius 3 is 2.85 bits per heavy atom. The molecule has 0 unspecified atom stereocenters. The summed E-state index contributed by atoms with van der Waals surface area (Å²) in [4.78, 5) is 31.8. The number of nitrogen functional groups attached to an aromatic ring is 1. The van der Waals surface area contributed by atoms with E-state index in [1.165, 1.54) is 11.3 Å². The summed E-state index contributed by atoms with van der Waals surface area (Å²) < 4.78 is 21.5. The molecule has 0 bridgehead atoms. The third-order valence-corrected chi connectivity index (χ3v) is 5.20. The van der Waals surface area contributed by atoms with Crippen LogP contribution in [0.4, 0.5) is 10.3 Å². The van der Waals surface area contributed by atoms with Crippen molar-refractivity contribution in [2.45, 2.75) is 31.2 Å². The van der Waals surface area contributed by atoms with Crippen LogP contribution >= 0.6 is 11.3 Å². The number of alkyl halides is 1. The first-order valence-corrected chi connectivity index (χ1v) is 8.96. The minimum atomic E-state index is -1.90. The van der Waals surface area contributed by atoms with Gasteiger partial charge in [0, 0.05) is 0 Å². The molecule has 0 amide bonds. The van der Waals surface area contributed by atoms with Crippen LogP contribution in [-0.4, -0.2) is 54.3 Å². The van der Waals surface area contributed by atoms with Crippen LogP contribution in [0.2, 0.25) is 0 Å². The molecule has 0 saturated carbocycles. The fourth-order valence-corrected chi connectivity index (χ4v) is 3.87. The van der Waals surface area contributed by atoms with Gasteiger partial charge in [0.2, 0.25) is 5.95 Å². The summed E-state index contributed by atoms with van der Waals surface area (Å²) in [5.74, 6) is -0.239. The number of aliphatic hydroxyl groups is 2. The molecule has 12 heteroatoms. The first-order valence-electron chi connectivity index (χ1n) is 8.02. The summed E-state index contributed by atoms with van der Waals surface area (Å²) in [7, 11) is 0. The van der Waals surface area contributed by atoms with Gasteiger partial charge in [-0.1, -0.05) is 0 Å². The zero-order chi connectivity index (χ0) is 19.3. The quantitative estimate of drug-likeness (QED) is 0.449. The van der Waals surface area contributed by atoms with E-state index in [-0.39, 0.29) is 23.7 Å². The van der Waals surface area contributed by atoms with Crippen molar-refractivity contribution in [1.29, 1.82) is 0 Å². The molecule has 4 atom stereocenters. The second kappa shape index (κ2) is 6.56. The molecule has 1 aliphatic rings. The number of rotatable bonds is 4. The van der Waals surface area contributed by atoms with Gasteiger partial charge in [-0.2, -0.15) is 16.3 Å². The fourth-order valence-electron chi connectivity index (χ4n) is 3.21. The highest BCUT2D eigenvalue weighted by Gasteiger charge is 2.46. The van der Waals surface area contributed by atoms with E-state index in [1.54, 1.807) is 6.07 Å². The Morgan fingerprint density at radius 1 is 1.44 bits per heavy atom. The lowest BCUT2D eigenvalue weighted by molar-refractivity contribution is -0.0513. The lowest BCUT2D eigenvalue weighted by Crippen LogP contribution is -2.34. The molecule has 1 fully saturated rings. The maximum Gasteiger partial charge on any atom is 0.333 e. The second-order valence-electron chi connectivity index (χ2n) is 6.18. The zero-order valence-corrected chi connectivity index (χ0v) is 14.6. The van der Waals surface area contributed by atoms with Crippen LogP contribution in [0, 0.1) is 0 Å². The lowest BCUT2D eigenvalue weighted by Gasteiger charge is -2.15. The monoisotopic (exact) mass is 397 g/mol. The smallest absolute Gasteiger partial charge is 0.333 e. The van der Waals surface area contributed by atoms with Crippen molar-refractivity contribution >= 4 is 28.4 Å². The van der Waals surface area contributed by atoms with Crippen LogP contribution in [0.25, 0.3) is 11.2 Å². The first-order chi connectivity index (χ1) is 12.9. The van der Waals surface area contributed by atoms with Crippen LogP contribution in [-0.2, 0) is 11.3 Å². The predicted octanol–water partition coefficient (Wildman–Crippen LogP) is -0.833. The molecule has 4 rings (SSSR count). The summed E-state index contributed by atoms with van der Waals surface area (Å²) in [6, 6.07) is 1.79. The van der Waals surface area contributed by atoms with E-state index >= 15 is 0 Å². The molecule has 10 nitrogen and oxygen atoms in total. The molecule has 5 N–H and O–H groups in total. The summed E-state index contributed by atoms with van der Waals surface area (Å²) in [6.45, 7) is -0.598. The molecular formula is C15H16FN5O5S. The average molecular weight is 397 g/mol. The van der Waals surface area contributed by atoms with Gasteiger partial charge in [-0.05, 0) is 22.4 Å². The maximum atomic E-state index is 14.2. The van der Waals surface area contributed by atoms with Gasteiger partial charge >= 0.3 is 5.69 Å². The van der Waals surface area contributed by atoms with Gasteiger partial charge in [-0.3, -0.25) is 14.3 Å². The third kappa shape index (κ3) is 2.77. The number of anilines is 1. The van der Waals surface area contributed by atoms with Crippen molar-refractivity contribution in [3.05, 3.63) is 43.2 Å². The van der Waals surface area contributed by atoms with E-state index < -0.39 is 42.5 Å². The van der Waals surface area contributed by atoms with Crippen molar-refractivity contribution in [3.63, 3.8) is 0 Å². The van der Waals surface area contributed by atoms with E-state index in [1.807, 2.05) is 10.8 Å². The predicted molar refractivity (Wildman–Crippen MR) is 94.3 cm³/mol. The molecule has 0 aliphatic carbocycles. The molecule has 0 radical (unpaired) electrons. The summed E-state index contributed by atoms with van der Waals surface area (Å²) in [5, 5.41) is 23.0. The Morgan fingerprint density at radius 2 is 2.22 bits per heavy atom. The summed E-state index contributed by atoms with van der Waals surface area (Å²) in [6.07, 6.45) is -6.38. The Hall–Kier alpha value is -2.54. The van der Waals surface area contributed by atoms with Crippen LogP contribution in [0.3, 0.4) is 0 Å². The highest BCUT2D eigenvalue weighted by molar-refractivity contribution is 7.07. The fraction of sp³-hybridized carbons (Fsp3) is 0.400. The number of nitrogens with one attached hydrogen (secondary N) is 1. The SMILES string of the molecule is Nc1nc2c(c(=O)[nH]1)n(Cc1ccsc1)c(=O)n2[C@@H]1O[C@H](CO)[C@@H](F)[C@H]1O. The van der Waals surface area contributed by atoms with Crippen molar-refractivity contribution < 1.29 is 19.3 Å². The number of H-pyrrole nitrogens is 1. The van der Waals surface area contributed by atoms with Crippen molar-refractivity contribution in [1.82, 2.24) is 19.1 Å². The number of halogens is 1. The largest absolute Gasteiger partial charge is 0.394 e. The van der Waals surface area contributed by atoms with Gasteiger partial charge in [0.1, 0.15) is 12.2 Å². The number of fused-ring (bicyclic) bond motifs is 1. The number of aromatic amines is 1. The number of hydrogen-bond acceptors (Lipinski definition) is 8. The van der Waals surface area contributed by atoms with E-state index in [9.17, 15) is 24.2 Å². The van der Waals surface area contributed by atoms with Gasteiger partial charge in [-0.15, -0.1) is 0 Å². The number of nitrogens with two attached hydrogens (primary N) is 1. The third-order valence-electron chi connectivity index (χ3n) is 4.47. The van der Waals surface area contributed by atoms with Crippen LogP contribution in [0.15, 0.2) is 26.4 Å². The van der Waals surface area contributed by atoms with Crippen LogP contribution in [0.1, 0.15) is 11.8 Å². The van der Waals surface area contributed by atoms with Gasteiger partial charge in [0.25, 0.3) is 5.56 Å². The van der Waals surface area contributed by atoms with Crippen LogP contribution in [0.5, 0.6) is 0 Å². The molecule has 1 saturated heterocycles. The minimum Gasteiger partial charge on any atom is -0.394 e. The van der Waals surface area contributed by atoms with E-state index in [0.29, 0.717) is 0 Å². The molecule has 3 aromatic heterocycles. The van der Waals surface area contributed by atoms with Gasteiger partial charge in [-0.25, -0.2) is 13.8 Å². The van der Waals surface area contributed by atoms with E-state index in [0.717, 1.165) is 14.7 Å². The van der Waals surface area contributed by atoms with Gasteiger partial charge in [0.05, 0.1) is 13.2 Å². The Labute approximate surface area is 154 Å². The Balaban J connectivity index is 1.94. The van der Waals surface area contributed by atoms with Crippen LogP contribution < -0.4 is 17.0 Å². The average Bonchev–Trinajstić information content (AvgIpc) is 3.30. The molecule has 144 valence electrons. The Kier molecular flexibility index (Phi) is 4.34. The standard InChI is InChI=1S/C15H16FN5O5S/c16-8-7(4-22)26-13(10(8)23)21-11-9(12(24)19-14(17)18-11)20(15(21)25)3-6-1-2-27-5-6/h1-2,5,7-8,10,13,22-23H,3-4H2,(H3,17,18,19,24)/t7-,8-,10-,13-/m1/s1. The molecular weight excluding hydrogens is 381 g/mol. The second-order valence-corrected chi connectivity index (χ2v) is 6.96. The van der Waals surface area contributed by atoms with Crippen molar-refractivity contribution in [2.75, 3.05) is 12.3 Å². The molecule has 0 aromatic carbocycles.